The van der Waals surface area contributed by atoms with Crippen molar-refractivity contribution in [2.45, 2.75) is 0 Å². The molecule has 3 aromatic rings. The van der Waals surface area contributed by atoms with E-state index in [9.17, 15) is 0 Å². The van der Waals surface area contributed by atoms with Gasteiger partial charge in [0.1, 0.15) is 5.00 Å². The Morgan fingerprint density at radius 3 is 2.39 bits per heavy atom. The summed E-state index contributed by atoms with van der Waals surface area (Å²) in [6.07, 6.45) is 0. The second-order valence-corrected chi connectivity index (χ2v) is 5.22. The zero-order chi connectivity index (χ0) is 12.5. The smallest absolute Gasteiger partial charge is 0.132 e. The molecule has 0 aliphatic heterocycles. The summed E-state index contributed by atoms with van der Waals surface area (Å²) in [6, 6.07) is 18.4. The van der Waals surface area contributed by atoms with Gasteiger partial charge in [-0.3, -0.25) is 5.73 Å². The maximum absolute atomic E-state index is 8.16. The van der Waals surface area contributed by atoms with Gasteiger partial charge >= 0.3 is 0 Å². The van der Waals surface area contributed by atoms with E-state index in [4.69, 9.17) is 5.73 Å². The van der Waals surface area contributed by atoms with Crippen LogP contribution in [0.2, 0.25) is 0 Å². The summed E-state index contributed by atoms with van der Waals surface area (Å²) in [6.45, 7) is 0. The zero-order valence-electron chi connectivity index (χ0n) is 10.1. The van der Waals surface area contributed by atoms with Gasteiger partial charge in [0.15, 0.2) is 0 Å². The van der Waals surface area contributed by atoms with E-state index >= 15 is 0 Å². The topological polar surface area (TPSA) is 27.0 Å². The Hall–Kier alpha value is -2.00. The molecular weight excluding hydrogens is 240 g/mol. The van der Waals surface area contributed by atoms with Crippen LogP contribution in [0.1, 0.15) is 0 Å². The number of hydrogen-bond donors (Lipinski definition) is 0. The summed E-state index contributed by atoms with van der Waals surface area (Å²) in [5.74, 6) is 0. The minimum absolute atomic E-state index is 0.613. The van der Waals surface area contributed by atoms with Gasteiger partial charge in [0.2, 0.25) is 0 Å². The van der Waals surface area contributed by atoms with E-state index in [1.165, 1.54) is 16.0 Å². The van der Waals surface area contributed by atoms with Crippen molar-refractivity contribution in [2.24, 2.45) is 0 Å². The van der Waals surface area contributed by atoms with Gasteiger partial charge in [-0.05, 0) is 18.2 Å². The number of fused-ring (bicyclic) bond motifs is 1. The third kappa shape index (κ3) is 1.73. The summed E-state index contributed by atoms with van der Waals surface area (Å²) < 4.78 is 1.17. The number of nitrogens with zero attached hydrogens (tertiary/aromatic N) is 1. The van der Waals surface area contributed by atoms with Gasteiger partial charge in [-0.25, -0.2) is 0 Å². The van der Waals surface area contributed by atoms with Crippen LogP contribution in [0.3, 0.4) is 0 Å². The summed E-state index contributed by atoms with van der Waals surface area (Å²) >= 11 is 1.53. The van der Waals surface area contributed by atoms with Crippen molar-refractivity contribution >= 4 is 37.8 Å². The SMILES string of the molecule is CN(c1ccccc1)c1c([NH])sc2ccccc12. The molecule has 18 heavy (non-hydrogen) atoms. The first kappa shape index (κ1) is 11.1. The van der Waals surface area contributed by atoms with Crippen molar-refractivity contribution in [1.82, 2.24) is 5.73 Å². The van der Waals surface area contributed by atoms with Crippen LogP contribution < -0.4 is 10.6 Å². The molecule has 0 atom stereocenters. The highest BCUT2D eigenvalue weighted by atomic mass is 32.1. The Kier molecular flexibility index (Phi) is 2.68. The van der Waals surface area contributed by atoms with Crippen molar-refractivity contribution in [3.05, 3.63) is 54.6 Å². The summed E-state index contributed by atoms with van der Waals surface area (Å²) in [5.41, 5.74) is 10.2. The molecule has 1 radical (unpaired) electrons. The number of benzene rings is 2. The first-order valence-electron chi connectivity index (χ1n) is 5.79. The summed E-state index contributed by atoms with van der Waals surface area (Å²) in [4.78, 5) is 2.08. The van der Waals surface area contributed by atoms with Gasteiger partial charge in [-0.2, -0.15) is 0 Å². The molecule has 0 spiro atoms. The van der Waals surface area contributed by atoms with E-state index in [-0.39, 0.29) is 0 Å². The van der Waals surface area contributed by atoms with Gasteiger partial charge in [-0.1, -0.05) is 36.4 Å². The molecule has 0 amide bonds. The zero-order valence-corrected chi connectivity index (χ0v) is 10.9. The van der Waals surface area contributed by atoms with Crippen LogP contribution >= 0.6 is 11.3 Å². The molecule has 2 nitrogen and oxygen atoms in total. The Bertz CT molecular complexity index is 673. The lowest BCUT2D eigenvalue weighted by Crippen LogP contribution is -2.08. The van der Waals surface area contributed by atoms with Gasteiger partial charge in [0, 0.05) is 22.8 Å². The predicted molar refractivity (Wildman–Crippen MR) is 79.1 cm³/mol. The fraction of sp³-hybridized carbons (Fsp3) is 0.0667. The third-order valence-electron chi connectivity index (χ3n) is 3.05. The molecule has 0 unspecified atom stereocenters. The van der Waals surface area contributed by atoms with Crippen molar-refractivity contribution in [3.8, 4) is 0 Å². The predicted octanol–water partition coefficient (Wildman–Crippen LogP) is 4.58. The van der Waals surface area contributed by atoms with Crippen molar-refractivity contribution in [1.29, 1.82) is 0 Å². The van der Waals surface area contributed by atoms with Gasteiger partial charge in [0.25, 0.3) is 0 Å². The second-order valence-electron chi connectivity index (χ2n) is 4.17. The quantitative estimate of drug-likeness (QED) is 0.656. The van der Waals surface area contributed by atoms with Crippen LogP contribution in [0, 0.1) is 0 Å². The van der Waals surface area contributed by atoms with Crippen molar-refractivity contribution in [3.63, 3.8) is 0 Å². The molecule has 1 heterocycles. The second kappa shape index (κ2) is 4.35. The van der Waals surface area contributed by atoms with Gasteiger partial charge in [0.05, 0.1) is 5.69 Å². The standard InChI is InChI=1S/C15H13N2S/c1-17(11-7-3-2-4-8-11)14-12-9-5-6-10-13(12)18-15(14)16/h2-10,16H,1H3. The van der Waals surface area contributed by atoms with Crippen LogP contribution in [0.15, 0.2) is 54.6 Å². The lowest BCUT2D eigenvalue weighted by Gasteiger charge is -2.19. The molecule has 3 heteroatoms. The number of nitrogens with one attached hydrogen (secondary N) is 1. The molecule has 0 fully saturated rings. The largest absolute Gasteiger partial charge is 0.342 e. The molecule has 1 N–H and O–H groups in total. The molecule has 0 aliphatic rings. The van der Waals surface area contributed by atoms with Crippen LogP contribution in [0.4, 0.5) is 16.4 Å². The van der Waals surface area contributed by atoms with E-state index in [0.29, 0.717) is 5.00 Å². The fourth-order valence-corrected chi connectivity index (χ4v) is 3.13. The lowest BCUT2D eigenvalue weighted by atomic mass is 10.2. The summed E-state index contributed by atoms with van der Waals surface area (Å²) in [7, 11) is 2.02. The minimum Gasteiger partial charge on any atom is -0.342 e. The highest BCUT2D eigenvalue weighted by Gasteiger charge is 2.14. The van der Waals surface area contributed by atoms with Gasteiger partial charge in [-0.15, -0.1) is 11.3 Å². The normalized spacial score (nSPS) is 10.7. The fourth-order valence-electron chi connectivity index (χ4n) is 2.15. The van der Waals surface area contributed by atoms with Crippen molar-refractivity contribution < 1.29 is 0 Å². The Labute approximate surface area is 110 Å². The highest BCUT2D eigenvalue weighted by Crippen LogP contribution is 2.43. The maximum Gasteiger partial charge on any atom is 0.132 e. The Morgan fingerprint density at radius 2 is 1.61 bits per heavy atom. The van der Waals surface area contributed by atoms with E-state index in [0.717, 1.165) is 16.8 Å². The average molecular weight is 253 g/mol. The minimum atomic E-state index is 0.613. The first-order chi connectivity index (χ1) is 8.77. The lowest BCUT2D eigenvalue weighted by molar-refractivity contribution is 1.22. The van der Waals surface area contributed by atoms with Crippen molar-refractivity contribution in [2.75, 3.05) is 11.9 Å². The molecule has 89 valence electrons. The molecule has 3 rings (SSSR count). The first-order valence-corrected chi connectivity index (χ1v) is 6.61. The number of thiophene rings is 1. The van der Waals surface area contributed by atoms with E-state index in [2.05, 4.69) is 29.2 Å². The highest BCUT2D eigenvalue weighted by molar-refractivity contribution is 7.23. The van der Waals surface area contributed by atoms with E-state index in [1.54, 1.807) is 0 Å². The number of anilines is 2. The maximum atomic E-state index is 8.16. The van der Waals surface area contributed by atoms with E-state index in [1.807, 2.05) is 37.4 Å². The number of hydrogen-bond acceptors (Lipinski definition) is 2. The van der Waals surface area contributed by atoms with Crippen LogP contribution in [0.25, 0.3) is 10.1 Å². The molecule has 0 aliphatic carbocycles. The number of para-hydroxylation sites is 1. The third-order valence-corrected chi connectivity index (χ3v) is 4.02. The van der Waals surface area contributed by atoms with Crippen LogP contribution in [-0.4, -0.2) is 7.05 Å². The summed E-state index contributed by atoms with van der Waals surface area (Å²) in [5, 5.41) is 1.77. The average Bonchev–Trinajstić information content (AvgIpc) is 2.75. The monoisotopic (exact) mass is 253 g/mol. The molecule has 2 aromatic carbocycles. The van der Waals surface area contributed by atoms with Crippen LogP contribution in [-0.2, 0) is 0 Å². The molecule has 0 saturated carbocycles. The molecule has 0 saturated heterocycles. The molecule has 1 aromatic heterocycles. The van der Waals surface area contributed by atoms with Crippen LogP contribution in [0.5, 0.6) is 0 Å². The Balaban J connectivity index is 2.17. The molecule has 0 bridgehead atoms. The molecular formula is C15H13N2S. The van der Waals surface area contributed by atoms with E-state index < -0.39 is 0 Å². The van der Waals surface area contributed by atoms with Gasteiger partial charge < -0.3 is 4.90 Å². The Morgan fingerprint density at radius 1 is 0.944 bits per heavy atom. The number of rotatable bonds is 2.